The predicted molar refractivity (Wildman–Crippen MR) is 73.8 cm³/mol. The predicted octanol–water partition coefficient (Wildman–Crippen LogP) is 3.21. The smallest absolute Gasteiger partial charge is 0.306 e. The summed E-state index contributed by atoms with van der Waals surface area (Å²) in [5.74, 6) is 0.643. The van der Waals surface area contributed by atoms with E-state index in [2.05, 4.69) is 26.9 Å². The highest BCUT2D eigenvalue weighted by atomic mass is 28.4. The summed E-state index contributed by atoms with van der Waals surface area (Å²) in [7, 11) is 0.0297. The zero-order valence-corrected chi connectivity index (χ0v) is 13.3. The number of ether oxygens (including phenoxy) is 1. The number of hydrogen-bond acceptors (Lipinski definition) is 3. The molecular weight excluding hydrogens is 244 g/mol. The lowest BCUT2D eigenvalue weighted by Gasteiger charge is -2.50. The van der Waals surface area contributed by atoms with Crippen LogP contribution in [0.15, 0.2) is 0 Å². The van der Waals surface area contributed by atoms with Crippen molar-refractivity contribution in [1.82, 2.24) is 0 Å². The molecule has 1 heterocycles. The minimum absolute atomic E-state index is 0.0374. The Bertz CT molecular complexity index is 355. The Morgan fingerprint density at radius 2 is 2.11 bits per heavy atom. The maximum atomic E-state index is 11.7. The van der Waals surface area contributed by atoms with E-state index in [0.717, 1.165) is 18.9 Å². The van der Waals surface area contributed by atoms with E-state index in [1.807, 2.05) is 0 Å². The van der Waals surface area contributed by atoms with Crippen LogP contribution in [0.25, 0.3) is 0 Å². The Kier molecular flexibility index (Phi) is 3.39. The van der Waals surface area contributed by atoms with Crippen molar-refractivity contribution in [2.24, 2.45) is 16.7 Å². The average molecular weight is 270 g/mol. The number of rotatable bonds is 2. The molecule has 18 heavy (non-hydrogen) atoms. The van der Waals surface area contributed by atoms with Crippen LogP contribution in [0, 0.1) is 16.7 Å². The van der Waals surface area contributed by atoms with E-state index in [-0.39, 0.29) is 16.8 Å². The van der Waals surface area contributed by atoms with E-state index >= 15 is 0 Å². The Morgan fingerprint density at radius 3 is 2.72 bits per heavy atom. The molecule has 0 amide bonds. The van der Waals surface area contributed by atoms with E-state index in [1.54, 1.807) is 0 Å². The van der Waals surface area contributed by atoms with Crippen molar-refractivity contribution in [2.45, 2.75) is 52.2 Å². The van der Waals surface area contributed by atoms with Crippen molar-refractivity contribution in [3.05, 3.63) is 0 Å². The van der Waals surface area contributed by atoms with Crippen molar-refractivity contribution >= 4 is 14.3 Å². The van der Waals surface area contributed by atoms with Crippen LogP contribution in [-0.4, -0.2) is 28.0 Å². The van der Waals surface area contributed by atoms with Gasteiger partial charge in [-0.25, -0.2) is 0 Å². The number of fused-ring (bicyclic) bond motifs is 1. The van der Waals surface area contributed by atoms with Crippen LogP contribution < -0.4 is 0 Å². The quantitative estimate of drug-likeness (QED) is 0.571. The van der Waals surface area contributed by atoms with Crippen molar-refractivity contribution in [3.63, 3.8) is 0 Å². The number of carbonyl (C=O) groups excluding carboxylic acids is 1. The molecule has 2 aliphatic rings. The second-order valence-electron chi connectivity index (χ2n) is 7.22. The highest BCUT2D eigenvalue weighted by Crippen LogP contribution is 2.62. The highest BCUT2D eigenvalue weighted by Gasteiger charge is 2.58. The highest BCUT2D eigenvalue weighted by molar-refractivity contribution is 6.71. The third-order valence-corrected chi connectivity index (χ3v) is 7.99. The number of esters is 1. The van der Waals surface area contributed by atoms with Gasteiger partial charge in [0.2, 0.25) is 0 Å². The Hall–Kier alpha value is -0.353. The molecule has 0 radical (unpaired) electrons. The molecular formula is C14H26O3Si. The van der Waals surface area contributed by atoms with Crippen molar-refractivity contribution in [3.8, 4) is 0 Å². The van der Waals surface area contributed by atoms with E-state index in [9.17, 15) is 4.79 Å². The monoisotopic (exact) mass is 270 g/mol. The maximum Gasteiger partial charge on any atom is 0.306 e. The van der Waals surface area contributed by atoms with Gasteiger partial charge in [0.15, 0.2) is 8.32 Å². The summed E-state index contributed by atoms with van der Waals surface area (Å²) in [6, 6.07) is 1.24. The number of hydrogen-bond donors (Lipinski definition) is 0. The van der Waals surface area contributed by atoms with Gasteiger partial charge in [0.05, 0.1) is 13.5 Å². The molecule has 1 aliphatic carbocycles. The van der Waals surface area contributed by atoms with Crippen LogP contribution in [0.3, 0.4) is 0 Å². The first-order chi connectivity index (χ1) is 8.22. The molecule has 0 aromatic rings. The molecule has 1 saturated carbocycles. The van der Waals surface area contributed by atoms with Gasteiger partial charge in [0.1, 0.15) is 0 Å². The van der Waals surface area contributed by atoms with Gasteiger partial charge in [-0.05, 0) is 48.7 Å². The lowest BCUT2D eigenvalue weighted by atomic mass is 9.63. The van der Waals surface area contributed by atoms with Gasteiger partial charge < -0.3 is 9.16 Å². The minimum Gasteiger partial charge on any atom is -0.469 e. The molecule has 0 aromatic carbocycles. The number of methoxy groups -OCH3 is 1. The fraction of sp³-hybridized carbons (Fsp3) is 0.929. The molecule has 3 atom stereocenters. The molecule has 104 valence electrons. The molecule has 0 unspecified atom stereocenters. The van der Waals surface area contributed by atoms with Crippen molar-refractivity contribution in [2.75, 3.05) is 13.7 Å². The van der Waals surface area contributed by atoms with Gasteiger partial charge in [-0.2, -0.15) is 0 Å². The van der Waals surface area contributed by atoms with Gasteiger partial charge in [-0.15, -0.1) is 0 Å². The second-order valence-corrected chi connectivity index (χ2v) is 11.4. The third kappa shape index (κ3) is 2.14. The zero-order valence-electron chi connectivity index (χ0n) is 12.3. The SMILES string of the molecule is COC(=O)C[C@]1(C)CC[C@@H]2C[Si](C)(C)OC[C@@]21C. The summed E-state index contributed by atoms with van der Waals surface area (Å²) in [4.78, 5) is 11.7. The van der Waals surface area contributed by atoms with Gasteiger partial charge in [-0.3, -0.25) is 4.79 Å². The Morgan fingerprint density at radius 1 is 1.44 bits per heavy atom. The van der Waals surface area contributed by atoms with E-state index in [1.165, 1.54) is 19.6 Å². The summed E-state index contributed by atoms with van der Waals surface area (Å²) < 4.78 is 11.1. The van der Waals surface area contributed by atoms with E-state index < -0.39 is 8.32 Å². The fourth-order valence-electron chi connectivity index (χ4n) is 3.89. The molecule has 3 nitrogen and oxygen atoms in total. The van der Waals surface area contributed by atoms with Crippen LogP contribution in [0.1, 0.15) is 33.1 Å². The van der Waals surface area contributed by atoms with Gasteiger partial charge in [0, 0.05) is 6.61 Å². The van der Waals surface area contributed by atoms with Crippen molar-refractivity contribution < 1.29 is 14.0 Å². The lowest BCUT2D eigenvalue weighted by molar-refractivity contribution is -0.146. The molecule has 0 N–H and O–H groups in total. The number of carbonyl (C=O) groups is 1. The first-order valence-electron chi connectivity index (χ1n) is 6.93. The van der Waals surface area contributed by atoms with Crippen LogP contribution in [0.5, 0.6) is 0 Å². The molecule has 4 heteroatoms. The van der Waals surface area contributed by atoms with Crippen LogP contribution in [-0.2, 0) is 14.0 Å². The summed E-state index contributed by atoms with van der Waals surface area (Å²) in [6.45, 7) is 10.00. The zero-order chi connectivity index (χ0) is 13.6. The van der Waals surface area contributed by atoms with E-state index in [4.69, 9.17) is 9.16 Å². The summed E-state index contributed by atoms with van der Waals surface area (Å²) in [5, 5.41) is 0. The van der Waals surface area contributed by atoms with Crippen LogP contribution in [0.2, 0.25) is 19.1 Å². The standard InChI is InChI=1S/C14H26O3Si/c1-13(8-12(15)16-3)7-6-11-9-18(4,5)17-10-14(11,13)2/h11H,6-10H2,1-5H3/t11-,13+,14+/m1/s1. The van der Waals surface area contributed by atoms with Gasteiger partial charge in [-0.1, -0.05) is 13.8 Å². The fourth-order valence-corrected chi connectivity index (χ4v) is 6.54. The first kappa shape index (κ1) is 14.1. The molecule has 0 aromatic heterocycles. The maximum absolute atomic E-state index is 11.7. The third-order valence-electron chi connectivity index (χ3n) is 5.59. The first-order valence-corrected chi connectivity index (χ1v) is 10.0. The summed E-state index contributed by atoms with van der Waals surface area (Å²) in [5.41, 5.74) is 0.180. The summed E-state index contributed by atoms with van der Waals surface area (Å²) >= 11 is 0. The Labute approximate surface area is 111 Å². The van der Waals surface area contributed by atoms with Crippen molar-refractivity contribution in [1.29, 1.82) is 0 Å². The topological polar surface area (TPSA) is 35.5 Å². The average Bonchev–Trinajstić information content (AvgIpc) is 2.52. The second kappa shape index (κ2) is 4.34. The summed E-state index contributed by atoms with van der Waals surface area (Å²) in [6.07, 6.45) is 2.89. The minimum atomic E-state index is -1.45. The molecule has 1 saturated heterocycles. The molecule has 0 bridgehead atoms. The van der Waals surface area contributed by atoms with Crippen LogP contribution >= 0.6 is 0 Å². The van der Waals surface area contributed by atoms with Gasteiger partial charge >= 0.3 is 5.97 Å². The lowest BCUT2D eigenvalue weighted by Crippen LogP contribution is -2.52. The molecule has 2 fully saturated rings. The van der Waals surface area contributed by atoms with Gasteiger partial charge in [0.25, 0.3) is 0 Å². The largest absolute Gasteiger partial charge is 0.469 e. The molecule has 2 rings (SSSR count). The normalized spacial score (nSPS) is 42.4. The van der Waals surface area contributed by atoms with E-state index in [0.29, 0.717) is 6.42 Å². The Balaban J connectivity index is 2.19. The van der Waals surface area contributed by atoms with Crippen LogP contribution in [0.4, 0.5) is 0 Å². The molecule has 1 aliphatic heterocycles. The molecule has 0 spiro atoms.